The number of rotatable bonds is 6. The Hall–Kier alpha value is -1.42. The maximum absolute atomic E-state index is 13.3. The predicted octanol–water partition coefficient (Wildman–Crippen LogP) is 1.50. The molecule has 0 aliphatic heterocycles. The van der Waals surface area contributed by atoms with Crippen LogP contribution in [0.25, 0.3) is 0 Å². The zero-order valence-electron chi connectivity index (χ0n) is 9.95. The Kier molecular flexibility index (Phi) is 5.63. The highest BCUT2D eigenvalue weighted by Crippen LogP contribution is 2.12. The second kappa shape index (κ2) is 7.01. The molecule has 0 saturated carbocycles. The van der Waals surface area contributed by atoms with Gasteiger partial charge >= 0.3 is 0 Å². The molecule has 1 aromatic carbocycles. The minimum absolute atomic E-state index is 0.0637. The number of aryl methyl sites for hydroxylation is 1. The number of hydrogen-bond donors (Lipinski definition) is 2. The van der Waals surface area contributed by atoms with Crippen LogP contribution >= 0.6 is 0 Å². The molecule has 0 bridgehead atoms. The Bertz CT molecular complexity index is 368. The fourth-order valence-corrected chi connectivity index (χ4v) is 1.56. The van der Waals surface area contributed by atoms with Crippen LogP contribution in [0.15, 0.2) is 24.3 Å². The molecule has 0 aromatic heterocycles. The monoisotopic (exact) mass is 239 g/mol. The quantitative estimate of drug-likeness (QED) is 0.790. The summed E-state index contributed by atoms with van der Waals surface area (Å²) >= 11 is 0. The Labute approximate surface area is 101 Å². The van der Waals surface area contributed by atoms with E-state index in [1.54, 1.807) is 25.1 Å². The summed E-state index contributed by atoms with van der Waals surface area (Å²) < 4.78 is 13.3. The van der Waals surface area contributed by atoms with Gasteiger partial charge in [0.15, 0.2) is 0 Å². The van der Waals surface area contributed by atoms with E-state index in [0.29, 0.717) is 18.4 Å². The lowest BCUT2D eigenvalue weighted by Crippen LogP contribution is -2.31. The average molecular weight is 239 g/mol. The van der Waals surface area contributed by atoms with Crippen molar-refractivity contribution < 1.29 is 14.3 Å². The molecule has 3 nitrogen and oxygen atoms in total. The zero-order valence-corrected chi connectivity index (χ0v) is 9.95. The molecule has 4 heteroatoms. The van der Waals surface area contributed by atoms with Crippen molar-refractivity contribution in [2.24, 2.45) is 5.92 Å². The normalized spacial score (nSPS) is 12.2. The van der Waals surface area contributed by atoms with Crippen LogP contribution in [0, 0.1) is 11.7 Å². The fourth-order valence-electron chi connectivity index (χ4n) is 1.56. The number of halogens is 1. The highest BCUT2D eigenvalue weighted by Gasteiger charge is 2.12. The van der Waals surface area contributed by atoms with Crippen molar-refractivity contribution in [3.05, 3.63) is 35.6 Å². The molecule has 0 fully saturated rings. The topological polar surface area (TPSA) is 49.3 Å². The number of carbonyl (C=O) groups excluding carboxylic acids is 1. The van der Waals surface area contributed by atoms with Crippen molar-refractivity contribution in [3.63, 3.8) is 0 Å². The summed E-state index contributed by atoms with van der Waals surface area (Å²) in [7, 11) is 0. The van der Waals surface area contributed by atoms with E-state index in [1.807, 2.05) is 0 Å². The van der Waals surface area contributed by atoms with Gasteiger partial charge in [-0.3, -0.25) is 4.79 Å². The van der Waals surface area contributed by atoms with Gasteiger partial charge in [0.2, 0.25) is 5.91 Å². The van der Waals surface area contributed by atoms with Gasteiger partial charge in [-0.1, -0.05) is 25.1 Å². The number of hydrogen-bond acceptors (Lipinski definition) is 2. The van der Waals surface area contributed by atoms with E-state index in [-0.39, 0.29) is 30.8 Å². The first-order chi connectivity index (χ1) is 8.15. The summed E-state index contributed by atoms with van der Waals surface area (Å²) in [4.78, 5) is 11.5. The van der Waals surface area contributed by atoms with Crippen LogP contribution in [0.1, 0.15) is 18.9 Å². The molecule has 1 atom stereocenters. The molecular weight excluding hydrogens is 221 g/mol. The van der Waals surface area contributed by atoms with Gasteiger partial charge in [-0.05, 0) is 24.5 Å². The van der Waals surface area contributed by atoms with Crippen molar-refractivity contribution in [3.8, 4) is 0 Å². The lowest BCUT2D eigenvalue weighted by molar-refractivity contribution is -0.124. The van der Waals surface area contributed by atoms with Gasteiger partial charge < -0.3 is 10.4 Å². The lowest BCUT2D eigenvalue weighted by atomic mass is 10.00. The summed E-state index contributed by atoms with van der Waals surface area (Å²) in [5.41, 5.74) is 0.634. The van der Waals surface area contributed by atoms with Crippen molar-refractivity contribution in [2.75, 3.05) is 13.2 Å². The van der Waals surface area contributed by atoms with E-state index in [0.717, 1.165) is 0 Å². The van der Waals surface area contributed by atoms with E-state index in [4.69, 9.17) is 5.11 Å². The van der Waals surface area contributed by atoms with Crippen molar-refractivity contribution >= 4 is 5.91 Å². The molecule has 1 aromatic rings. The summed E-state index contributed by atoms with van der Waals surface area (Å²) in [5, 5.41) is 11.2. The Morgan fingerprint density at radius 2 is 2.18 bits per heavy atom. The second-order valence-corrected chi connectivity index (χ2v) is 4.05. The number of nitrogens with one attached hydrogen (secondary N) is 1. The Morgan fingerprint density at radius 3 is 2.82 bits per heavy atom. The Morgan fingerprint density at radius 1 is 1.47 bits per heavy atom. The van der Waals surface area contributed by atoms with E-state index >= 15 is 0 Å². The number of aliphatic hydroxyl groups is 1. The zero-order chi connectivity index (χ0) is 12.7. The predicted molar refractivity (Wildman–Crippen MR) is 64.0 cm³/mol. The smallest absolute Gasteiger partial charge is 0.222 e. The van der Waals surface area contributed by atoms with E-state index in [1.165, 1.54) is 6.07 Å². The molecule has 0 heterocycles. The lowest BCUT2D eigenvalue weighted by Gasteiger charge is -2.11. The van der Waals surface area contributed by atoms with Crippen molar-refractivity contribution in [2.45, 2.75) is 19.8 Å². The highest BCUT2D eigenvalue weighted by atomic mass is 19.1. The number of aliphatic hydroxyl groups excluding tert-OH is 1. The molecule has 2 N–H and O–H groups in total. The molecule has 1 amide bonds. The minimum Gasteiger partial charge on any atom is -0.395 e. The molecule has 94 valence electrons. The molecule has 0 saturated heterocycles. The molecule has 0 aliphatic rings. The Balaban J connectivity index is 2.40. The maximum atomic E-state index is 13.3. The number of benzene rings is 1. The molecule has 17 heavy (non-hydrogen) atoms. The van der Waals surface area contributed by atoms with Gasteiger partial charge in [-0.25, -0.2) is 4.39 Å². The number of amides is 1. The molecule has 0 aliphatic carbocycles. The summed E-state index contributed by atoms with van der Waals surface area (Å²) in [6.07, 6.45) is 1.14. The SMILES string of the molecule is CC(CCc1ccccc1F)C(=O)NCCO. The van der Waals surface area contributed by atoms with Crippen LogP contribution in [-0.4, -0.2) is 24.2 Å². The van der Waals surface area contributed by atoms with Crippen LogP contribution in [0.2, 0.25) is 0 Å². The van der Waals surface area contributed by atoms with Gasteiger partial charge in [-0.15, -0.1) is 0 Å². The van der Waals surface area contributed by atoms with Crippen LogP contribution in [0.5, 0.6) is 0 Å². The van der Waals surface area contributed by atoms with Gasteiger partial charge in [0.25, 0.3) is 0 Å². The van der Waals surface area contributed by atoms with Crippen molar-refractivity contribution in [1.29, 1.82) is 0 Å². The number of carbonyl (C=O) groups is 1. The van der Waals surface area contributed by atoms with Crippen LogP contribution in [-0.2, 0) is 11.2 Å². The standard InChI is InChI=1S/C13H18FNO2/c1-10(13(17)15-8-9-16)6-7-11-4-2-3-5-12(11)14/h2-5,10,16H,6-9H2,1H3,(H,15,17). The van der Waals surface area contributed by atoms with E-state index < -0.39 is 0 Å². The third-order valence-corrected chi connectivity index (χ3v) is 2.66. The minimum atomic E-state index is -0.226. The first kappa shape index (κ1) is 13.6. The van der Waals surface area contributed by atoms with Crippen LogP contribution in [0.3, 0.4) is 0 Å². The van der Waals surface area contributed by atoms with Crippen molar-refractivity contribution in [1.82, 2.24) is 5.32 Å². The third kappa shape index (κ3) is 4.53. The second-order valence-electron chi connectivity index (χ2n) is 4.05. The fraction of sp³-hybridized carbons (Fsp3) is 0.462. The van der Waals surface area contributed by atoms with Gasteiger partial charge in [-0.2, -0.15) is 0 Å². The van der Waals surface area contributed by atoms with Crippen LogP contribution in [0.4, 0.5) is 4.39 Å². The van der Waals surface area contributed by atoms with Gasteiger partial charge in [0, 0.05) is 12.5 Å². The summed E-state index contributed by atoms with van der Waals surface area (Å²) in [5.74, 6) is -0.507. The third-order valence-electron chi connectivity index (χ3n) is 2.66. The van der Waals surface area contributed by atoms with Crippen LogP contribution < -0.4 is 5.32 Å². The maximum Gasteiger partial charge on any atom is 0.222 e. The summed E-state index contributed by atoms with van der Waals surface area (Å²) in [6, 6.07) is 6.59. The molecular formula is C13H18FNO2. The van der Waals surface area contributed by atoms with Gasteiger partial charge in [0.1, 0.15) is 5.82 Å². The average Bonchev–Trinajstić information content (AvgIpc) is 2.34. The van der Waals surface area contributed by atoms with E-state index in [9.17, 15) is 9.18 Å². The first-order valence-corrected chi connectivity index (χ1v) is 5.77. The molecule has 0 radical (unpaired) electrons. The molecule has 0 spiro atoms. The molecule has 1 unspecified atom stereocenters. The summed E-state index contributed by atoms with van der Waals surface area (Å²) in [6.45, 7) is 2.00. The van der Waals surface area contributed by atoms with Gasteiger partial charge in [0.05, 0.1) is 6.61 Å². The van der Waals surface area contributed by atoms with E-state index in [2.05, 4.69) is 5.32 Å². The first-order valence-electron chi connectivity index (χ1n) is 5.77. The largest absolute Gasteiger partial charge is 0.395 e. The highest BCUT2D eigenvalue weighted by molar-refractivity contribution is 5.78. The molecule has 1 rings (SSSR count).